The molecule has 1 aromatic carbocycles. The molecular weight excluding hydrogens is 320 g/mol. The van der Waals surface area contributed by atoms with Crippen LogP contribution in [0.3, 0.4) is 0 Å². The van der Waals surface area contributed by atoms with Gasteiger partial charge in [0.25, 0.3) is 0 Å². The first kappa shape index (κ1) is 15.8. The number of likely N-dealkylation sites (tertiary alicyclic amines) is 1. The fourth-order valence-corrected chi connectivity index (χ4v) is 3.43. The van der Waals surface area contributed by atoms with Gasteiger partial charge < -0.3 is 14.5 Å². The summed E-state index contributed by atoms with van der Waals surface area (Å²) in [4.78, 5) is 14.3. The molecule has 7 nitrogen and oxygen atoms in total. The normalized spacial score (nSPS) is 20.5. The van der Waals surface area contributed by atoms with E-state index in [1.165, 1.54) is 0 Å². The number of nitrogens with one attached hydrogen (secondary N) is 1. The molecule has 3 heterocycles. The number of aromatic amines is 1. The van der Waals surface area contributed by atoms with E-state index in [2.05, 4.69) is 15.4 Å². The first-order chi connectivity index (χ1) is 12.1. The minimum Gasteiger partial charge on any atom is -0.391 e. The fourth-order valence-electron chi connectivity index (χ4n) is 3.43. The Bertz CT molecular complexity index is 901. The van der Waals surface area contributed by atoms with Crippen LogP contribution in [0.25, 0.3) is 11.0 Å². The number of aliphatic hydroxyl groups is 1. The summed E-state index contributed by atoms with van der Waals surface area (Å²) >= 11 is 0. The van der Waals surface area contributed by atoms with E-state index in [0.29, 0.717) is 30.8 Å². The lowest BCUT2D eigenvalue weighted by Gasteiger charge is -2.15. The number of H-pyrrole nitrogens is 1. The standard InChI is InChI=1S/C18H20N4O3/c1-11-6-13(20-19-11)7-12-9-22(10-16(12)23)18(24)8-15-14-4-2-3-5-17(14)25-21-15/h2-6,12,16,23H,7-10H2,1H3,(H,19,20)/t12-,16+/m1/s1. The number of aromatic nitrogens is 3. The Hall–Kier alpha value is -2.67. The third-order valence-electron chi connectivity index (χ3n) is 4.76. The van der Waals surface area contributed by atoms with Crippen LogP contribution in [0.15, 0.2) is 34.9 Å². The molecule has 3 aromatic rings. The van der Waals surface area contributed by atoms with Gasteiger partial charge in [0, 0.05) is 30.1 Å². The fraction of sp³-hybridized carbons (Fsp3) is 0.389. The molecule has 4 rings (SSSR count). The number of aryl methyl sites for hydroxylation is 1. The highest BCUT2D eigenvalue weighted by Gasteiger charge is 2.34. The predicted octanol–water partition coefficient (Wildman–Crippen LogP) is 1.46. The molecule has 1 amide bonds. The van der Waals surface area contributed by atoms with Crippen molar-refractivity contribution in [3.8, 4) is 0 Å². The van der Waals surface area contributed by atoms with Gasteiger partial charge in [-0.3, -0.25) is 9.89 Å². The van der Waals surface area contributed by atoms with Gasteiger partial charge in [0.05, 0.1) is 18.2 Å². The van der Waals surface area contributed by atoms with Gasteiger partial charge in [-0.1, -0.05) is 17.3 Å². The molecule has 0 saturated carbocycles. The molecule has 2 aromatic heterocycles. The van der Waals surface area contributed by atoms with E-state index in [1.54, 1.807) is 4.90 Å². The van der Waals surface area contributed by atoms with E-state index in [-0.39, 0.29) is 18.2 Å². The van der Waals surface area contributed by atoms with Crippen LogP contribution in [0.1, 0.15) is 17.1 Å². The number of aliphatic hydroxyl groups excluding tert-OH is 1. The monoisotopic (exact) mass is 340 g/mol. The topological polar surface area (TPSA) is 95.2 Å². The van der Waals surface area contributed by atoms with Gasteiger partial charge in [0.1, 0.15) is 5.69 Å². The molecule has 2 N–H and O–H groups in total. The summed E-state index contributed by atoms with van der Waals surface area (Å²) in [7, 11) is 0. The number of benzene rings is 1. The van der Waals surface area contributed by atoms with E-state index >= 15 is 0 Å². The summed E-state index contributed by atoms with van der Waals surface area (Å²) in [6.45, 7) is 2.82. The van der Waals surface area contributed by atoms with Crippen LogP contribution in [0.5, 0.6) is 0 Å². The van der Waals surface area contributed by atoms with Crippen molar-refractivity contribution in [3.05, 3.63) is 47.4 Å². The number of carbonyl (C=O) groups is 1. The second-order valence-corrected chi connectivity index (χ2v) is 6.67. The Morgan fingerprint density at radius 3 is 3.04 bits per heavy atom. The molecule has 1 aliphatic rings. The average Bonchev–Trinajstić information content (AvgIpc) is 3.29. The van der Waals surface area contributed by atoms with E-state index in [4.69, 9.17) is 4.52 Å². The van der Waals surface area contributed by atoms with E-state index in [1.807, 2.05) is 37.3 Å². The van der Waals surface area contributed by atoms with Crippen molar-refractivity contribution in [2.45, 2.75) is 25.9 Å². The van der Waals surface area contributed by atoms with Crippen LogP contribution < -0.4 is 0 Å². The summed E-state index contributed by atoms with van der Waals surface area (Å²) in [5.74, 6) is -0.0421. The quantitative estimate of drug-likeness (QED) is 0.750. The molecule has 1 fully saturated rings. The molecule has 0 radical (unpaired) electrons. The average molecular weight is 340 g/mol. The maximum Gasteiger partial charge on any atom is 0.228 e. The van der Waals surface area contributed by atoms with Gasteiger partial charge in [0.15, 0.2) is 5.58 Å². The van der Waals surface area contributed by atoms with Gasteiger partial charge in [-0.25, -0.2) is 0 Å². The third-order valence-corrected chi connectivity index (χ3v) is 4.76. The number of para-hydroxylation sites is 1. The van der Waals surface area contributed by atoms with E-state index in [0.717, 1.165) is 16.8 Å². The summed E-state index contributed by atoms with van der Waals surface area (Å²) in [6.07, 6.45) is 0.301. The Morgan fingerprint density at radius 1 is 1.40 bits per heavy atom. The van der Waals surface area contributed by atoms with Crippen molar-refractivity contribution in [2.24, 2.45) is 5.92 Å². The molecule has 7 heteroatoms. The summed E-state index contributed by atoms with van der Waals surface area (Å²) in [5, 5.41) is 22.3. The molecule has 0 aliphatic carbocycles. The zero-order valence-electron chi connectivity index (χ0n) is 14.0. The number of carbonyl (C=O) groups excluding carboxylic acids is 1. The van der Waals surface area contributed by atoms with Crippen molar-refractivity contribution in [1.29, 1.82) is 0 Å². The Kier molecular flexibility index (Phi) is 4.01. The van der Waals surface area contributed by atoms with Crippen LogP contribution in [0.4, 0.5) is 0 Å². The van der Waals surface area contributed by atoms with Gasteiger partial charge in [-0.2, -0.15) is 5.10 Å². The molecule has 0 unspecified atom stereocenters. The molecule has 2 atom stereocenters. The lowest BCUT2D eigenvalue weighted by molar-refractivity contribution is -0.129. The third kappa shape index (κ3) is 3.15. The lowest BCUT2D eigenvalue weighted by atomic mass is 10.0. The number of fused-ring (bicyclic) bond motifs is 1. The lowest BCUT2D eigenvalue weighted by Crippen LogP contribution is -2.31. The second kappa shape index (κ2) is 6.33. The molecule has 1 saturated heterocycles. The summed E-state index contributed by atoms with van der Waals surface area (Å²) in [6, 6.07) is 9.47. The van der Waals surface area contributed by atoms with Crippen molar-refractivity contribution >= 4 is 16.9 Å². The number of β-amino-alcohol motifs (C(OH)–C–C–N with tert-alkyl or cyclic N) is 1. The van der Waals surface area contributed by atoms with E-state index < -0.39 is 6.10 Å². The first-order valence-corrected chi connectivity index (χ1v) is 8.40. The van der Waals surface area contributed by atoms with Gasteiger partial charge in [-0.15, -0.1) is 0 Å². The number of hydrogen-bond acceptors (Lipinski definition) is 5. The van der Waals surface area contributed by atoms with Gasteiger partial charge in [-0.05, 0) is 31.5 Å². The molecular formula is C18H20N4O3. The van der Waals surface area contributed by atoms with Gasteiger partial charge in [0.2, 0.25) is 5.91 Å². The Morgan fingerprint density at radius 2 is 2.24 bits per heavy atom. The zero-order valence-corrected chi connectivity index (χ0v) is 14.0. The number of nitrogens with zero attached hydrogens (tertiary/aromatic N) is 3. The molecule has 1 aliphatic heterocycles. The Balaban J connectivity index is 1.42. The largest absolute Gasteiger partial charge is 0.391 e. The second-order valence-electron chi connectivity index (χ2n) is 6.67. The highest BCUT2D eigenvalue weighted by atomic mass is 16.5. The van der Waals surface area contributed by atoms with Gasteiger partial charge >= 0.3 is 0 Å². The number of rotatable bonds is 4. The highest BCUT2D eigenvalue weighted by Crippen LogP contribution is 2.23. The minimum atomic E-state index is -0.532. The first-order valence-electron chi connectivity index (χ1n) is 8.40. The van der Waals surface area contributed by atoms with E-state index in [9.17, 15) is 9.90 Å². The maximum absolute atomic E-state index is 12.6. The molecule has 130 valence electrons. The van der Waals surface area contributed by atoms with Crippen molar-refractivity contribution in [1.82, 2.24) is 20.3 Å². The van der Waals surface area contributed by atoms with Crippen LogP contribution >= 0.6 is 0 Å². The van der Waals surface area contributed by atoms with Crippen molar-refractivity contribution < 1.29 is 14.4 Å². The summed E-state index contributed by atoms with van der Waals surface area (Å²) < 4.78 is 5.25. The molecule has 0 bridgehead atoms. The SMILES string of the molecule is Cc1cc(C[C@@H]2CN(C(=O)Cc3noc4ccccc34)C[C@@H]2O)n[nH]1. The van der Waals surface area contributed by atoms with Crippen molar-refractivity contribution in [3.63, 3.8) is 0 Å². The van der Waals surface area contributed by atoms with Crippen LogP contribution in [-0.4, -0.2) is 50.5 Å². The van der Waals surface area contributed by atoms with Crippen molar-refractivity contribution in [2.75, 3.05) is 13.1 Å². The smallest absolute Gasteiger partial charge is 0.228 e. The molecule has 25 heavy (non-hydrogen) atoms. The zero-order chi connectivity index (χ0) is 17.4. The number of hydrogen-bond donors (Lipinski definition) is 2. The molecule has 0 spiro atoms. The predicted molar refractivity (Wildman–Crippen MR) is 90.8 cm³/mol. The summed E-state index contributed by atoms with van der Waals surface area (Å²) in [5.41, 5.74) is 3.23. The minimum absolute atomic E-state index is 0.000651. The van der Waals surface area contributed by atoms with Crippen LogP contribution in [-0.2, 0) is 17.6 Å². The van der Waals surface area contributed by atoms with Crippen LogP contribution in [0.2, 0.25) is 0 Å². The Labute approximate surface area is 144 Å². The van der Waals surface area contributed by atoms with Crippen LogP contribution in [0, 0.1) is 12.8 Å². The number of amides is 1. The highest BCUT2D eigenvalue weighted by molar-refractivity contribution is 5.86. The maximum atomic E-state index is 12.6.